The molecule has 0 radical (unpaired) electrons. The Labute approximate surface area is 167 Å². The normalized spacial score (nSPS) is 13.7. The van der Waals surface area contributed by atoms with Crippen molar-refractivity contribution in [2.45, 2.75) is 26.4 Å². The lowest BCUT2D eigenvalue weighted by molar-refractivity contribution is -0.119. The number of benzene rings is 2. The van der Waals surface area contributed by atoms with Crippen molar-refractivity contribution in [1.82, 2.24) is 14.9 Å². The van der Waals surface area contributed by atoms with E-state index in [4.69, 9.17) is 9.47 Å². The Morgan fingerprint density at radius 3 is 2.69 bits per heavy atom. The van der Waals surface area contributed by atoms with Crippen LogP contribution in [-0.2, 0) is 16.1 Å². The van der Waals surface area contributed by atoms with E-state index in [0.29, 0.717) is 36.2 Å². The number of carbonyl (C=O) groups excluding carboxylic acids is 2. The smallest absolute Gasteiger partial charge is 0.244 e. The first-order valence-electron chi connectivity index (χ1n) is 9.43. The summed E-state index contributed by atoms with van der Waals surface area (Å²) in [5.74, 6) is 1.54. The number of hydrogen-bond donors (Lipinski definition) is 2. The average Bonchev–Trinajstić information content (AvgIpc) is 3.06. The maximum atomic E-state index is 12.8. The minimum atomic E-state index is -0.331. The van der Waals surface area contributed by atoms with Gasteiger partial charge in [-0.25, -0.2) is 4.98 Å². The van der Waals surface area contributed by atoms with Gasteiger partial charge in [0.2, 0.25) is 11.8 Å². The van der Waals surface area contributed by atoms with Crippen molar-refractivity contribution in [2.24, 2.45) is 0 Å². The molecular formula is C21H22N4O4. The fourth-order valence-corrected chi connectivity index (χ4v) is 3.43. The Balaban J connectivity index is 1.58. The summed E-state index contributed by atoms with van der Waals surface area (Å²) < 4.78 is 12.9. The van der Waals surface area contributed by atoms with Crippen molar-refractivity contribution in [3.8, 4) is 11.5 Å². The Hall–Kier alpha value is -3.55. The van der Waals surface area contributed by atoms with Crippen molar-refractivity contribution >= 4 is 28.5 Å². The molecule has 8 nitrogen and oxygen atoms in total. The van der Waals surface area contributed by atoms with E-state index in [1.807, 2.05) is 35.8 Å². The standard InChI is InChI=1S/C21H22N4O4/c1-13(22-14(2)26)21-24-16-5-3-4-6-17(16)25(21)12-20(27)23-15-7-8-18-19(11-15)29-10-9-28-18/h3-8,11,13H,9-10,12H2,1-2H3,(H,22,26)(H,23,27). The lowest BCUT2D eigenvalue weighted by Gasteiger charge is -2.19. The van der Waals surface area contributed by atoms with Crippen molar-refractivity contribution in [3.63, 3.8) is 0 Å². The molecule has 8 heteroatoms. The van der Waals surface area contributed by atoms with Gasteiger partial charge in [-0.15, -0.1) is 0 Å². The van der Waals surface area contributed by atoms with E-state index in [-0.39, 0.29) is 24.4 Å². The highest BCUT2D eigenvalue weighted by Crippen LogP contribution is 2.32. The third-order valence-corrected chi connectivity index (χ3v) is 4.62. The summed E-state index contributed by atoms with van der Waals surface area (Å²) in [6.07, 6.45) is 0. The lowest BCUT2D eigenvalue weighted by Crippen LogP contribution is -2.28. The predicted octanol–water partition coefficient (Wildman–Crippen LogP) is 2.64. The van der Waals surface area contributed by atoms with E-state index < -0.39 is 0 Å². The summed E-state index contributed by atoms with van der Waals surface area (Å²) in [6.45, 7) is 4.36. The van der Waals surface area contributed by atoms with Gasteiger partial charge in [0.05, 0.1) is 17.1 Å². The Kier molecular flexibility index (Phi) is 5.07. The van der Waals surface area contributed by atoms with Crippen LogP contribution in [0.4, 0.5) is 5.69 Å². The Bertz CT molecular complexity index is 1080. The first-order valence-corrected chi connectivity index (χ1v) is 9.43. The number of anilines is 1. The molecule has 1 atom stereocenters. The molecule has 29 heavy (non-hydrogen) atoms. The number of fused-ring (bicyclic) bond motifs is 2. The topological polar surface area (TPSA) is 94.5 Å². The number of nitrogens with zero attached hydrogens (tertiary/aromatic N) is 2. The molecule has 0 bridgehead atoms. The molecular weight excluding hydrogens is 372 g/mol. The third-order valence-electron chi connectivity index (χ3n) is 4.62. The van der Waals surface area contributed by atoms with Gasteiger partial charge in [-0.3, -0.25) is 9.59 Å². The van der Waals surface area contributed by atoms with Crippen molar-refractivity contribution in [3.05, 3.63) is 48.3 Å². The second-order valence-electron chi connectivity index (χ2n) is 6.87. The van der Waals surface area contributed by atoms with E-state index in [9.17, 15) is 9.59 Å². The molecule has 2 N–H and O–H groups in total. The Morgan fingerprint density at radius 1 is 1.14 bits per heavy atom. The number of nitrogens with one attached hydrogen (secondary N) is 2. The molecule has 150 valence electrons. The molecule has 2 amide bonds. The van der Waals surface area contributed by atoms with E-state index in [1.165, 1.54) is 6.92 Å². The van der Waals surface area contributed by atoms with E-state index in [0.717, 1.165) is 11.0 Å². The molecule has 0 saturated carbocycles. The maximum Gasteiger partial charge on any atom is 0.244 e. The van der Waals surface area contributed by atoms with Gasteiger partial charge in [0, 0.05) is 18.7 Å². The first-order chi connectivity index (χ1) is 14.0. The number of aromatic nitrogens is 2. The fraction of sp³-hybridized carbons (Fsp3) is 0.286. The highest BCUT2D eigenvalue weighted by atomic mass is 16.6. The van der Waals surface area contributed by atoms with Crippen molar-refractivity contribution in [2.75, 3.05) is 18.5 Å². The molecule has 0 aliphatic carbocycles. The number of hydrogen-bond acceptors (Lipinski definition) is 5. The van der Waals surface area contributed by atoms with Crippen LogP contribution in [0.2, 0.25) is 0 Å². The zero-order valence-electron chi connectivity index (χ0n) is 16.3. The summed E-state index contributed by atoms with van der Waals surface area (Å²) in [7, 11) is 0. The third kappa shape index (κ3) is 4.01. The van der Waals surface area contributed by atoms with Crippen LogP contribution in [0.15, 0.2) is 42.5 Å². The second kappa shape index (κ2) is 7.83. The van der Waals surface area contributed by atoms with E-state index in [1.54, 1.807) is 18.2 Å². The molecule has 1 aliphatic rings. The molecule has 1 aliphatic heterocycles. The van der Waals surface area contributed by atoms with Crippen LogP contribution in [-0.4, -0.2) is 34.6 Å². The highest BCUT2D eigenvalue weighted by molar-refractivity contribution is 5.92. The molecule has 0 fully saturated rings. The van der Waals surface area contributed by atoms with Gasteiger partial charge < -0.3 is 24.7 Å². The van der Waals surface area contributed by atoms with Gasteiger partial charge in [0.15, 0.2) is 11.5 Å². The molecule has 0 spiro atoms. The lowest BCUT2D eigenvalue weighted by atomic mass is 10.2. The van der Waals surface area contributed by atoms with Crippen molar-refractivity contribution < 1.29 is 19.1 Å². The highest BCUT2D eigenvalue weighted by Gasteiger charge is 2.19. The molecule has 3 aromatic rings. The van der Waals surface area contributed by atoms with Crippen molar-refractivity contribution in [1.29, 1.82) is 0 Å². The summed E-state index contributed by atoms with van der Waals surface area (Å²) in [5, 5.41) is 5.72. The van der Waals surface area contributed by atoms with E-state index >= 15 is 0 Å². The summed E-state index contributed by atoms with van der Waals surface area (Å²) in [6, 6.07) is 12.5. The number of imidazole rings is 1. The molecule has 4 rings (SSSR count). The molecule has 1 aromatic heterocycles. The number of para-hydroxylation sites is 2. The van der Waals surface area contributed by atoms with Crippen LogP contribution in [0.3, 0.4) is 0 Å². The van der Waals surface area contributed by atoms with Crippen LogP contribution < -0.4 is 20.1 Å². The van der Waals surface area contributed by atoms with Crippen LogP contribution in [0, 0.1) is 0 Å². The number of rotatable bonds is 5. The largest absolute Gasteiger partial charge is 0.486 e. The SMILES string of the molecule is CC(=O)NC(C)c1nc2ccccc2n1CC(=O)Nc1ccc2c(c1)OCCO2. The van der Waals surface area contributed by atoms with Gasteiger partial charge in [0.1, 0.15) is 25.6 Å². The van der Waals surface area contributed by atoms with Crippen LogP contribution in [0.25, 0.3) is 11.0 Å². The summed E-state index contributed by atoms with van der Waals surface area (Å²) >= 11 is 0. The van der Waals surface area contributed by atoms with Crippen LogP contribution >= 0.6 is 0 Å². The number of amides is 2. The van der Waals surface area contributed by atoms with E-state index in [2.05, 4.69) is 15.6 Å². The van der Waals surface area contributed by atoms with Gasteiger partial charge in [-0.05, 0) is 31.2 Å². The first kappa shape index (κ1) is 18.8. The van der Waals surface area contributed by atoms with Gasteiger partial charge in [0.25, 0.3) is 0 Å². The van der Waals surface area contributed by atoms with Crippen LogP contribution in [0.1, 0.15) is 25.7 Å². The minimum Gasteiger partial charge on any atom is -0.486 e. The number of ether oxygens (including phenoxy) is 2. The minimum absolute atomic E-state index is 0.0637. The van der Waals surface area contributed by atoms with Crippen LogP contribution in [0.5, 0.6) is 11.5 Å². The molecule has 2 aromatic carbocycles. The zero-order valence-corrected chi connectivity index (χ0v) is 16.3. The average molecular weight is 394 g/mol. The van der Waals surface area contributed by atoms with Gasteiger partial charge >= 0.3 is 0 Å². The quantitative estimate of drug-likeness (QED) is 0.694. The molecule has 1 unspecified atom stereocenters. The zero-order chi connectivity index (χ0) is 20.4. The molecule has 0 saturated heterocycles. The predicted molar refractivity (Wildman–Crippen MR) is 108 cm³/mol. The Morgan fingerprint density at radius 2 is 1.90 bits per heavy atom. The summed E-state index contributed by atoms with van der Waals surface area (Å²) in [5.41, 5.74) is 2.23. The van der Waals surface area contributed by atoms with Gasteiger partial charge in [-0.2, -0.15) is 0 Å². The fourth-order valence-electron chi connectivity index (χ4n) is 3.43. The maximum absolute atomic E-state index is 12.8. The number of carbonyl (C=O) groups is 2. The second-order valence-corrected chi connectivity index (χ2v) is 6.87. The summed E-state index contributed by atoms with van der Waals surface area (Å²) in [4.78, 5) is 28.9. The monoisotopic (exact) mass is 394 g/mol. The van der Waals surface area contributed by atoms with Gasteiger partial charge in [-0.1, -0.05) is 12.1 Å². The molecule has 2 heterocycles.